The summed E-state index contributed by atoms with van der Waals surface area (Å²) in [5.74, 6) is -0.0247. The van der Waals surface area contributed by atoms with E-state index in [4.69, 9.17) is 11.6 Å². The number of halogens is 2. The van der Waals surface area contributed by atoms with Crippen LogP contribution in [-0.2, 0) is 0 Å². The number of rotatable bonds is 2. The molecule has 2 aromatic carbocycles. The molecule has 1 aliphatic heterocycles. The van der Waals surface area contributed by atoms with Gasteiger partial charge in [-0.25, -0.2) is 9.49 Å². The van der Waals surface area contributed by atoms with Crippen molar-refractivity contribution in [3.63, 3.8) is 0 Å². The molecule has 0 radical (unpaired) electrons. The zero-order valence-electron chi connectivity index (χ0n) is 13.2. The first-order chi connectivity index (χ1) is 12.1. The van der Waals surface area contributed by atoms with Gasteiger partial charge in [0.15, 0.2) is 0 Å². The Morgan fingerprint density at radius 3 is 2.76 bits per heavy atom. The van der Waals surface area contributed by atoms with Crippen molar-refractivity contribution in [3.05, 3.63) is 68.8 Å². The van der Waals surface area contributed by atoms with Crippen molar-refractivity contribution in [1.82, 2.24) is 10.2 Å². The predicted molar refractivity (Wildman–Crippen MR) is 95.8 cm³/mol. The van der Waals surface area contributed by atoms with Crippen LogP contribution in [0.1, 0.15) is 30.0 Å². The van der Waals surface area contributed by atoms with Crippen LogP contribution in [0, 0.1) is 11.7 Å². The first kappa shape index (κ1) is 14.9. The maximum Gasteiger partial charge on any atom is 0.272 e. The molecule has 0 bridgehead atoms. The second kappa shape index (κ2) is 5.30. The molecule has 1 fully saturated rings. The Hall–Kier alpha value is -2.40. The summed E-state index contributed by atoms with van der Waals surface area (Å²) < 4.78 is 14.0. The monoisotopic (exact) mass is 355 g/mol. The molecule has 126 valence electrons. The average Bonchev–Trinajstić information content (AvgIpc) is 3.43. The van der Waals surface area contributed by atoms with E-state index in [1.54, 1.807) is 0 Å². The van der Waals surface area contributed by atoms with Gasteiger partial charge < -0.3 is 5.32 Å². The van der Waals surface area contributed by atoms with Gasteiger partial charge in [0.25, 0.3) is 5.56 Å². The van der Waals surface area contributed by atoms with E-state index in [0.29, 0.717) is 27.4 Å². The standard InChI is InChI=1S/C19H15ClFN3O/c20-13-4-2-1-3-11(13)16-17(9-5-6-9)22-14-8-10(21)7-12-15(14)18(16)23-24-19(12)25/h1-4,7-9,16-17,22H,5-6H2,(H,24,25). The molecule has 5 rings (SSSR count). The molecule has 1 saturated carbocycles. The van der Waals surface area contributed by atoms with Crippen LogP contribution < -0.4 is 10.9 Å². The molecule has 3 aromatic rings. The third-order valence-corrected chi connectivity index (χ3v) is 5.57. The Morgan fingerprint density at radius 2 is 2.00 bits per heavy atom. The molecule has 2 unspecified atom stereocenters. The molecule has 0 saturated heterocycles. The van der Waals surface area contributed by atoms with Crippen LogP contribution in [0.2, 0.25) is 5.02 Å². The lowest BCUT2D eigenvalue weighted by atomic mass is 9.81. The van der Waals surface area contributed by atoms with Crippen LogP contribution in [0.3, 0.4) is 0 Å². The number of aromatic amines is 1. The Labute approximate surface area is 148 Å². The van der Waals surface area contributed by atoms with Crippen LogP contribution in [0.5, 0.6) is 0 Å². The van der Waals surface area contributed by atoms with E-state index < -0.39 is 5.82 Å². The molecule has 2 atom stereocenters. The highest BCUT2D eigenvalue weighted by Crippen LogP contribution is 2.49. The Morgan fingerprint density at radius 1 is 1.20 bits per heavy atom. The molecule has 2 N–H and O–H groups in total. The van der Waals surface area contributed by atoms with Gasteiger partial charge in [-0.05, 0) is 42.5 Å². The number of nitrogens with zero attached hydrogens (tertiary/aromatic N) is 1. The maximum absolute atomic E-state index is 14.0. The number of hydrogen-bond donors (Lipinski definition) is 2. The van der Waals surface area contributed by atoms with Gasteiger partial charge >= 0.3 is 0 Å². The summed E-state index contributed by atoms with van der Waals surface area (Å²) in [6.45, 7) is 0. The summed E-state index contributed by atoms with van der Waals surface area (Å²) in [6.07, 6.45) is 2.24. The predicted octanol–water partition coefficient (Wildman–Crippen LogP) is 4.05. The largest absolute Gasteiger partial charge is 0.380 e. The van der Waals surface area contributed by atoms with Gasteiger partial charge in [0, 0.05) is 22.1 Å². The van der Waals surface area contributed by atoms with E-state index in [2.05, 4.69) is 15.5 Å². The third kappa shape index (κ3) is 2.26. The normalized spacial score (nSPS) is 22.0. The summed E-state index contributed by atoms with van der Waals surface area (Å²) in [7, 11) is 0. The summed E-state index contributed by atoms with van der Waals surface area (Å²) in [5, 5.41) is 12.1. The van der Waals surface area contributed by atoms with Crippen molar-refractivity contribution in [3.8, 4) is 0 Å². The minimum atomic E-state index is -0.427. The van der Waals surface area contributed by atoms with Crippen LogP contribution in [0.15, 0.2) is 41.2 Å². The second-order valence-electron chi connectivity index (χ2n) is 6.82. The number of anilines is 1. The smallest absolute Gasteiger partial charge is 0.272 e. The molecule has 0 amide bonds. The SMILES string of the molecule is O=c1[nH]nc2c3c(cc(F)cc13)NC(C1CC1)C2c1ccccc1Cl. The molecular formula is C19H15ClFN3O. The molecule has 25 heavy (non-hydrogen) atoms. The van der Waals surface area contributed by atoms with E-state index >= 15 is 0 Å². The van der Waals surface area contributed by atoms with E-state index in [0.717, 1.165) is 24.1 Å². The molecule has 0 spiro atoms. The molecule has 2 heterocycles. The number of aromatic nitrogens is 2. The van der Waals surface area contributed by atoms with Gasteiger partial charge in [-0.3, -0.25) is 4.79 Å². The van der Waals surface area contributed by atoms with Crippen molar-refractivity contribution in [1.29, 1.82) is 0 Å². The molecule has 1 aliphatic carbocycles. The first-order valence-corrected chi connectivity index (χ1v) is 8.74. The molecule has 4 nitrogen and oxygen atoms in total. The zero-order valence-corrected chi connectivity index (χ0v) is 14.0. The lowest BCUT2D eigenvalue weighted by Crippen LogP contribution is -2.35. The summed E-state index contributed by atoms with van der Waals surface area (Å²) in [5.41, 5.74) is 1.99. The Kier molecular flexibility index (Phi) is 3.16. The third-order valence-electron chi connectivity index (χ3n) is 5.23. The maximum atomic E-state index is 14.0. The lowest BCUT2D eigenvalue weighted by Gasteiger charge is -2.35. The highest BCUT2D eigenvalue weighted by atomic mass is 35.5. The van der Waals surface area contributed by atoms with Gasteiger partial charge in [0.1, 0.15) is 5.82 Å². The van der Waals surface area contributed by atoms with E-state index in [9.17, 15) is 9.18 Å². The molecule has 1 aromatic heterocycles. The first-order valence-electron chi connectivity index (χ1n) is 8.36. The summed E-state index contributed by atoms with van der Waals surface area (Å²) >= 11 is 6.48. The van der Waals surface area contributed by atoms with Crippen molar-refractivity contribution in [2.24, 2.45) is 5.92 Å². The number of nitrogens with one attached hydrogen (secondary N) is 2. The summed E-state index contributed by atoms with van der Waals surface area (Å²) in [4.78, 5) is 12.2. The van der Waals surface area contributed by atoms with Crippen LogP contribution in [0.25, 0.3) is 10.8 Å². The summed E-state index contributed by atoms with van der Waals surface area (Å²) in [6, 6.07) is 10.5. The highest BCUT2D eigenvalue weighted by molar-refractivity contribution is 6.31. The van der Waals surface area contributed by atoms with Crippen LogP contribution >= 0.6 is 11.6 Å². The van der Waals surface area contributed by atoms with Crippen molar-refractivity contribution >= 4 is 28.1 Å². The fourth-order valence-corrected chi connectivity index (χ4v) is 4.23. The van der Waals surface area contributed by atoms with Crippen LogP contribution in [0.4, 0.5) is 10.1 Å². The second-order valence-corrected chi connectivity index (χ2v) is 7.23. The van der Waals surface area contributed by atoms with Gasteiger partial charge in [0.2, 0.25) is 0 Å². The van der Waals surface area contributed by atoms with Gasteiger partial charge in [-0.2, -0.15) is 5.10 Å². The number of H-pyrrole nitrogens is 1. The topological polar surface area (TPSA) is 57.8 Å². The van der Waals surface area contributed by atoms with Gasteiger partial charge in [0.05, 0.1) is 17.0 Å². The van der Waals surface area contributed by atoms with Gasteiger partial charge in [-0.15, -0.1) is 0 Å². The molecule has 6 heteroatoms. The minimum absolute atomic E-state index is 0.0794. The van der Waals surface area contributed by atoms with Crippen molar-refractivity contribution in [2.75, 3.05) is 5.32 Å². The number of benzene rings is 2. The lowest BCUT2D eigenvalue weighted by molar-refractivity contribution is 0.548. The molecular weight excluding hydrogens is 341 g/mol. The minimum Gasteiger partial charge on any atom is -0.380 e. The van der Waals surface area contributed by atoms with Gasteiger partial charge in [-0.1, -0.05) is 29.8 Å². The van der Waals surface area contributed by atoms with E-state index in [-0.39, 0.29) is 17.5 Å². The zero-order chi connectivity index (χ0) is 17.1. The fraction of sp³-hybridized carbons (Fsp3) is 0.263. The fourth-order valence-electron chi connectivity index (χ4n) is 3.97. The Bertz CT molecular complexity index is 1060. The quantitative estimate of drug-likeness (QED) is 0.729. The average molecular weight is 356 g/mol. The highest BCUT2D eigenvalue weighted by Gasteiger charge is 2.43. The molecule has 2 aliphatic rings. The van der Waals surface area contributed by atoms with E-state index in [1.807, 2.05) is 24.3 Å². The van der Waals surface area contributed by atoms with Crippen molar-refractivity contribution < 1.29 is 4.39 Å². The van der Waals surface area contributed by atoms with Crippen molar-refractivity contribution in [2.45, 2.75) is 24.8 Å². The van der Waals surface area contributed by atoms with Crippen LogP contribution in [-0.4, -0.2) is 16.2 Å². The van der Waals surface area contributed by atoms with E-state index in [1.165, 1.54) is 12.1 Å². The Balaban J connectivity index is 1.83. The number of hydrogen-bond acceptors (Lipinski definition) is 3.